The van der Waals surface area contributed by atoms with E-state index in [0.29, 0.717) is 12.4 Å². The van der Waals surface area contributed by atoms with E-state index in [1.54, 1.807) is 23.5 Å². The number of carbonyl (C=O) groups is 1. The molecule has 1 aromatic carbocycles. The van der Waals surface area contributed by atoms with Gasteiger partial charge in [0.1, 0.15) is 5.82 Å². The number of carboxylic acid groups (broad SMARTS) is 1. The first-order valence-corrected chi connectivity index (χ1v) is 11.0. The summed E-state index contributed by atoms with van der Waals surface area (Å²) in [6.07, 6.45) is 3.66. The van der Waals surface area contributed by atoms with E-state index in [9.17, 15) is 9.90 Å². The quantitative estimate of drug-likeness (QED) is 0.553. The van der Waals surface area contributed by atoms with Gasteiger partial charge < -0.3 is 5.11 Å². The van der Waals surface area contributed by atoms with E-state index in [2.05, 4.69) is 49.7 Å². The van der Waals surface area contributed by atoms with Gasteiger partial charge in [-0.1, -0.05) is 58.0 Å². The van der Waals surface area contributed by atoms with Crippen molar-refractivity contribution in [2.45, 2.75) is 57.9 Å². The Morgan fingerprint density at radius 1 is 1.07 bits per heavy atom. The second-order valence-electron chi connectivity index (χ2n) is 9.22. The number of anilines is 2. The van der Waals surface area contributed by atoms with Gasteiger partial charge in [0.2, 0.25) is 0 Å². The van der Waals surface area contributed by atoms with Crippen LogP contribution in [-0.2, 0) is 17.4 Å². The highest BCUT2D eigenvalue weighted by Gasteiger charge is 2.41. The Balaban J connectivity index is 1.80. The predicted octanol–water partition coefficient (Wildman–Crippen LogP) is 5.92. The second-order valence-corrected chi connectivity index (χ2v) is 10.2. The predicted molar refractivity (Wildman–Crippen MR) is 121 cm³/mol. The van der Waals surface area contributed by atoms with E-state index in [1.807, 2.05) is 18.2 Å². The normalized spacial score (nSPS) is 16.7. The topological polar surface area (TPSA) is 66.3 Å². The van der Waals surface area contributed by atoms with Gasteiger partial charge in [0, 0.05) is 21.9 Å². The molecule has 0 saturated carbocycles. The molecule has 0 spiro atoms. The number of aromatic carboxylic acids is 1. The number of aromatic nitrogens is 2. The summed E-state index contributed by atoms with van der Waals surface area (Å²) in [4.78, 5) is 24.3. The highest BCUT2D eigenvalue weighted by atomic mass is 32.1. The summed E-state index contributed by atoms with van der Waals surface area (Å²) in [5, 5.41) is 10.1. The molecule has 0 bridgehead atoms. The van der Waals surface area contributed by atoms with Crippen molar-refractivity contribution in [1.29, 1.82) is 0 Å². The highest BCUT2D eigenvalue weighted by molar-refractivity contribution is 7.16. The molecule has 2 aromatic heterocycles. The van der Waals surface area contributed by atoms with Crippen molar-refractivity contribution < 1.29 is 9.90 Å². The first kappa shape index (κ1) is 20.5. The number of thiazole rings is 1. The Morgan fingerprint density at radius 3 is 2.37 bits per heavy atom. The van der Waals surface area contributed by atoms with Crippen molar-refractivity contribution in [1.82, 2.24) is 9.97 Å². The fourth-order valence-corrected chi connectivity index (χ4v) is 5.27. The van der Waals surface area contributed by atoms with Crippen LogP contribution in [0.4, 0.5) is 10.9 Å². The van der Waals surface area contributed by atoms with Crippen molar-refractivity contribution >= 4 is 28.3 Å². The Labute approximate surface area is 181 Å². The number of fused-ring (bicyclic) bond motifs is 1. The summed E-state index contributed by atoms with van der Waals surface area (Å²) in [5.74, 6) is -0.276. The molecule has 0 fully saturated rings. The summed E-state index contributed by atoms with van der Waals surface area (Å²) in [7, 11) is 0. The maximum atomic E-state index is 11.3. The lowest BCUT2D eigenvalue weighted by Gasteiger charge is -2.37. The zero-order chi connectivity index (χ0) is 21.5. The highest BCUT2D eigenvalue weighted by Crippen LogP contribution is 2.50. The summed E-state index contributed by atoms with van der Waals surface area (Å²) in [6, 6.07) is 13.6. The SMILES string of the molecule is CC1(C)CCC(C)(C)c2sc(N(Cc3ccccc3)c3ccc(C(=O)O)cn3)nc21. The minimum atomic E-state index is -0.975. The van der Waals surface area contributed by atoms with Crippen LogP contribution in [0.2, 0.25) is 0 Å². The molecule has 4 rings (SSSR count). The van der Waals surface area contributed by atoms with Gasteiger partial charge in [-0.2, -0.15) is 0 Å². The second kappa shape index (κ2) is 7.51. The van der Waals surface area contributed by atoms with Crippen LogP contribution in [0.1, 0.15) is 67.0 Å². The van der Waals surface area contributed by atoms with Crippen LogP contribution < -0.4 is 4.90 Å². The van der Waals surface area contributed by atoms with Crippen molar-refractivity contribution in [2.75, 3.05) is 4.90 Å². The van der Waals surface area contributed by atoms with Crippen LogP contribution in [0.25, 0.3) is 0 Å². The van der Waals surface area contributed by atoms with Crippen LogP contribution in [0.3, 0.4) is 0 Å². The molecule has 1 aliphatic rings. The number of benzene rings is 1. The molecule has 0 aliphatic heterocycles. The average Bonchev–Trinajstić information content (AvgIpc) is 3.19. The third-order valence-electron chi connectivity index (χ3n) is 5.93. The first-order valence-electron chi connectivity index (χ1n) is 10.2. The Hall–Kier alpha value is -2.73. The van der Waals surface area contributed by atoms with E-state index in [-0.39, 0.29) is 16.4 Å². The van der Waals surface area contributed by atoms with Gasteiger partial charge >= 0.3 is 5.97 Å². The lowest BCUT2D eigenvalue weighted by Crippen LogP contribution is -2.32. The van der Waals surface area contributed by atoms with Crippen molar-refractivity contribution in [3.8, 4) is 0 Å². The molecule has 3 aromatic rings. The van der Waals surface area contributed by atoms with Crippen LogP contribution in [0, 0.1) is 0 Å². The molecular weight excluding hydrogens is 394 g/mol. The molecule has 0 atom stereocenters. The first-order chi connectivity index (χ1) is 14.2. The van der Waals surface area contributed by atoms with Gasteiger partial charge in [-0.15, -0.1) is 11.3 Å². The molecule has 5 nitrogen and oxygen atoms in total. The van der Waals surface area contributed by atoms with E-state index in [1.165, 1.54) is 16.8 Å². The molecule has 6 heteroatoms. The molecule has 0 unspecified atom stereocenters. The van der Waals surface area contributed by atoms with Gasteiger partial charge in [-0.25, -0.2) is 14.8 Å². The zero-order valence-electron chi connectivity index (χ0n) is 17.8. The summed E-state index contributed by atoms with van der Waals surface area (Å²) in [6.45, 7) is 9.75. The minimum Gasteiger partial charge on any atom is -0.478 e. The minimum absolute atomic E-state index is 0.0403. The molecule has 0 amide bonds. The van der Waals surface area contributed by atoms with Gasteiger partial charge in [0.25, 0.3) is 0 Å². The number of carboxylic acids is 1. The lowest BCUT2D eigenvalue weighted by atomic mass is 9.69. The largest absolute Gasteiger partial charge is 0.478 e. The van der Waals surface area contributed by atoms with Gasteiger partial charge in [0.05, 0.1) is 17.8 Å². The van der Waals surface area contributed by atoms with Crippen LogP contribution in [0.15, 0.2) is 48.7 Å². The van der Waals surface area contributed by atoms with Gasteiger partial charge in [0.15, 0.2) is 5.13 Å². The fraction of sp³-hybridized carbons (Fsp3) is 0.375. The van der Waals surface area contributed by atoms with E-state index < -0.39 is 5.97 Å². The maximum absolute atomic E-state index is 11.3. The van der Waals surface area contributed by atoms with E-state index in [0.717, 1.165) is 23.5 Å². The monoisotopic (exact) mass is 421 g/mol. The van der Waals surface area contributed by atoms with Crippen molar-refractivity contribution in [3.05, 3.63) is 70.4 Å². The molecule has 2 heterocycles. The summed E-state index contributed by atoms with van der Waals surface area (Å²) < 4.78 is 0. The van der Waals surface area contributed by atoms with Gasteiger partial charge in [-0.3, -0.25) is 4.90 Å². The number of rotatable bonds is 5. The molecule has 1 aliphatic carbocycles. The Morgan fingerprint density at radius 2 is 1.77 bits per heavy atom. The molecule has 156 valence electrons. The molecule has 0 saturated heterocycles. The Kier molecular flexibility index (Phi) is 5.14. The maximum Gasteiger partial charge on any atom is 0.337 e. The summed E-state index contributed by atoms with van der Waals surface area (Å²) >= 11 is 1.74. The zero-order valence-corrected chi connectivity index (χ0v) is 18.7. The number of pyridine rings is 1. The van der Waals surface area contributed by atoms with E-state index >= 15 is 0 Å². The number of nitrogens with zero attached hydrogens (tertiary/aromatic N) is 3. The van der Waals surface area contributed by atoms with Crippen LogP contribution in [0.5, 0.6) is 0 Å². The van der Waals surface area contributed by atoms with Gasteiger partial charge in [-0.05, 0) is 30.5 Å². The smallest absolute Gasteiger partial charge is 0.337 e. The Bertz CT molecular complexity index is 1020. The van der Waals surface area contributed by atoms with E-state index in [4.69, 9.17) is 4.98 Å². The molecule has 1 N–H and O–H groups in total. The number of hydrogen-bond donors (Lipinski definition) is 1. The molecule has 0 radical (unpaired) electrons. The third kappa shape index (κ3) is 3.84. The van der Waals surface area contributed by atoms with Crippen LogP contribution >= 0.6 is 11.3 Å². The van der Waals surface area contributed by atoms with Crippen molar-refractivity contribution in [3.63, 3.8) is 0 Å². The molecule has 30 heavy (non-hydrogen) atoms. The number of hydrogen-bond acceptors (Lipinski definition) is 5. The third-order valence-corrected chi connectivity index (χ3v) is 7.38. The molecular formula is C24H27N3O2S. The lowest BCUT2D eigenvalue weighted by molar-refractivity contribution is 0.0696. The summed E-state index contributed by atoms with van der Waals surface area (Å²) in [5.41, 5.74) is 2.64. The average molecular weight is 422 g/mol. The standard InChI is InChI=1S/C24H27N3O2S/c1-23(2)12-13-24(3,4)20-19(23)26-22(30-20)27(15-16-8-6-5-7-9-16)18-11-10-17(14-25-18)21(28)29/h5-11,14H,12-13,15H2,1-4H3,(H,28,29). The van der Waals surface area contributed by atoms with Crippen LogP contribution in [-0.4, -0.2) is 21.0 Å². The fourth-order valence-electron chi connectivity index (χ4n) is 3.88. The van der Waals surface area contributed by atoms with Crippen molar-refractivity contribution in [2.24, 2.45) is 0 Å².